The molecule has 9 fully saturated rings. The second kappa shape index (κ2) is 4.18. The largest absolute Gasteiger partial charge is 0.0847 e. The van der Waals surface area contributed by atoms with Crippen LogP contribution >= 0.6 is 0 Å². The van der Waals surface area contributed by atoms with Gasteiger partial charge in [0.2, 0.25) is 0 Å². The van der Waals surface area contributed by atoms with Crippen LogP contribution in [0.25, 0.3) is 0 Å². The van der Waals surface area contributed by atoms with Gasteiger partial charge < -0.3 is 0 Å². The molecule has 0 aromatic rings. The van der Waals surface area contributed by atoms with Crippen LogP contribution < -0.4 is 0 Å². The van der Waals surface area contributed by atoms with Gasteiger partial charge in [-0.3, -0.25) is 0 Å². The van der Waals surface area contributed by atoms with Crippen LogP contribution in [0.15, 0.2) is 11.6 Å². The monoisotopic (exact) mass is 346 g/mol. The summed E-state index contributed by atoms with van der Waals surface area (Å²) in [5, 5.41) is 0. The zero-order valence-corrected chi connectivity index (χ0v) is 16.1. The Labute approximate surface area is 158 Å². The van der Waals surface area contributed by atoms with E-state index in [1.807, 2.05) is 5.57 Å². The molecule has 13 unspecified atom stereocenters. The highest BCUT2D eigenvalue weighted by Gasteiger charge is 2.72. The molecule has 0 aromatic carbocycles. The van der Waals surface area contributed by atoms with Gasteiger partial charge in [-0.25, -0.2) is 0 Å². The van der Waals surface area contributed by atoms with Crippen LogP contribution in [0.4, 0.5) is 0 Å². The van der Waals surface area contributed by atoms with E-state index in [4.69, 9.17) is 0 Å². The van der Waals surface area contributed by atoms with Gasteiger partial charge in [-0.15, -0.1) is 0 Å². The molecule has 0 heteroatoms. The summed E-state index contributed by atoms with van der Waals surface area (Å²) < 4.78 is 0. The predicted octanol–water partition coefficient (Wildman–Crippen LogP) is 5.79. The van der Waals surface area contributed by atoms with Gasteiger partial charge in [0.1, 0.15) is 0 Å². The average Bonchev–Trinajstić information content (AvgIpc) is 3.45. The molecule has 138 valence electrons. The van der Waals surface area contributed by atoms with E-state index in [1.165, 1.54) is 83.9 Å². The summed E-state index contributed by atoms with van der Waals surface area (Å²) in [5.41, 5.74) is 1.94. The van der Waals surface area contributed by atoms with Crippen molar-refractivity contribution in [2.45, 2.75) is 57.8 Å². The fourth-order valence-electron chi connectivity index (χ4n) is 12.8. The fraction of sp³-hybridized carbons (Fsp3) is 0.923. The van der Waals surface area contributed by atoms with Crippen LogP contribution in [0, 0.1) is 88.8 Å². The quantitative estimate of drug-likeness (QED) is 0.385. The fourth-order valence-corrected chi connectivity index (χ4v) is 12.8. The third kappa shape index (κ3) is 1.31. The Morgan fingerprint density at radius 3 is 2.15 bits per heavy atom. The average molecular weight is 347 g/mol. The summed E-state index contributed by atoms with van der Waals surface area (Å²) in [6.45, 7) is 0. The van der Waals surface area contributed by atoms with Gasteiger partial charge in [-0.05, 0) is 147 Å². The Kier molecular flexibility index (Phi) is 2.23. The Bertz CT molecular complexity index is 726. The first-order valence-electron chi connectivity index (χ1n) is 12.5. The predicted molar refractivity (Wildman–Crippen MR) is 102 cm³/mol. The second-order valence-electron chi connectivity index (χ2n) is 12.9. The third-order valence-corrected chi connectivity index (χ3v) is 13.0. The first kappa shape index (κ1) is 13.8. The number of hydrogen-bond donors (Lipinski definition) is 0. The van der Waals surface area contributed by atoms with Crippen molar-refractivity contribution < 1.29 is 0 Å². The molecule has 0 spiro atoms. The van der Waals surface area contributed by atoms with Gasteiger partial charge in [0, 0.05) is 0 Å². The van der Waals surface area contributed by atoms with Crippen LogP contribution in [0.1, 0.15) is 57.8 Å². The van der Waals surface area contributed by atoms with Crippen molar-refractivity contribution in [3.63, 3.8) is 0 Å². The molecular weight excluding hydrogens is 312 g/mol. The molecule has 10 aliphatic rings. The van der Waals surface area contributed by atoms with E-state index in [2.05, 4.69) is 6.08 Å². The standard InChI is InChI=1S/C26H34/c1-2-13-6-12(1)15-7-17-18(8-16(13)15)21-9-20(17)25-22-10-23(26(21)25)24-14-3-11(4-14)5-19(22)24/h1,11,13-26H,2-10H2. The van der Waals surface area contributed by atoms with Gasteiger partial charge in [0.15, 0.2) is 0 Å². The van der Waals surface area contributed by atoms with E-state index < -0.39 is 0 Å². The van der Waals surface area contributed by atoms with E-state index in [9.17, 15) is 0 Å². The lowest BCUT2D eigenvalue weighted by Crippen LogP contribution is -2.52. The Balaban J connectivity index is 1.09. The van der Waals surface area contributed by atoms with Gasteiger partial charge in [-0.1, -0.05) is 11.6 Å². The second-order valence-corrected chi connectivity index (χ2v) is 12.9. The number of rotatable bonds is 0. The van der Waals surface area contributed by atoms with Crippen molar-refractivity contribution in [1.82, 2.24) is 0 Å². The van der Waals surface area contributed by atoms with Crippen molar-refractivity contribution in [1.29, 1.82) is 0 Å². The molecule has 0 aliphatic heterocycles. The molecule has 0 amide bonds. The maximum atomic E-state index is 2.68. The van der Waals surface area contributed by atoms with Crippen LogP contribution in [-0.2, 0) is 0 Å². The molecule has 10 rings (SSSR count). The molecule has 0 nitrogen and oxygen atoms in total. The molecule has 0 heterocycles. The zero-order valence-electron chi connectivity index (χ0n) is 16.1. The van der Waals surface area contributed by atoms with E-state index in [-0.39, 0.29) is 0 Å². The summed E-state index contributed by atoms with van der Waals surface area (Å²) >= 11 is 0. The van der Waals surface area contributed by atoms with Crippen LogP contribution in [-0.4, -0.2) is 0 Å². The molecule has 0 saturated heterocycles. The van der Waals surface area contributed by atoms with Gasteiger partial charge in [0.05, 0.1) is 0 Å². The van der Waals surface area contributed by atoms with Crippen molar-refractivity contribution in [3.8, 4) is 0 Å². The lowest BCUT2D eigenvalue weighted by Gasteiger charge is -2.58. The maximum absolute atomic E-state index is 2.68. The Morgan fingerprint density at radius 2 is 1.23 bits per heavy atom. The molecule has 0 aromatic heterocycles. The molecule has 13 atom stereocenters. The molecule has 9 saturated carbocycles. The normalized spacial score (nSPS) is 72.6. The minimum absolute atomic E-state index is 1.07. The van der Waals surface area contributed by atoms with E-state index in [0.717, 1.165) is 17.8 Å². The SMILES string of the molecule is C1=C2CC(C1)C1CC3C(CC21)C1CC3C2C3CC(C4CC5CC(C5)C43)C12. The van der Waals surface area contributed by atoms with Crippen molar-refractivity contribution in [2.24, 2.45) is 88.8 Å². The number of fused-ring (bicyclic) bond motifs is 17. The highest BCUT2D eigenvalue weighted by atomic mass is 14.8. The minimum Gasteiger partial charge on any atom is -0.0847 e. The van der Waals surface area contributed by atoms with E-state index in [1.54, 1.807) is 44.9 Å². The van der Waals surface area contributed by atoms with Crippen LogP contribution in [0.3, 0.4) is 0 Å². The first-order valence-corrected chi connectivity index (χ1v) is 12.5. The maximum Gasteiger partial charge on any atom is -0.0169 e. The Hall–Kier alpha value is -0.260. The van der Waals surface area contributed by atoms with Crippen LogP contribution in [0.2, 0.25) is 0 Å². The molecule has 8 bridgehead atoms. The number of allylic oxidation sites excluding steroid dienone is 2. The first-order chi connectivity index (χ1) is 12.8. The number of hydrogen-bond acceptors (Lipinski definition) is 0. The summed E-state index contributed by atoms with van der Waals surface area (Å²) in [6, 6.07) is 0. The molecule has 0 radical (unpaired) electrons. The van der Waals surface area contributed by atoms with E-state index in [0.29, 0.717) is 0 Å². The highest BCUT2D eigenvalue weighted by Crippen LogP contribution is 2.79. The minimum atomic E-state index is 1.07. The van der Waals surface area contributed by atoms with Gasteiger partial charge in [0.25, 0.3) is 0 Å². The zero-order chi connectivity index (χ0) is 16.3. The summed E-state index contributed by atoms with van der Waals surface area (Å²) in [6.07, 6.45) is 17.4. The smallest absolute Gasteiger partial charge is 0.0169 e. The summed E-state index contributed by atoms with van der Waals surface area (Å²) in [4.78, 5) is 0. The topological polar surface area (TPSA) is 0 Å². The summed E-state index contributed by atoms with van der Waals surface area (Å²) in [5.74, 6) is 17.8. The Morgan fingerprint density at radius 1 is 0.538 bits per heavy atom. The lowest BCUT2D eigenvalue weighted by atomic mass is 9.47. The summed E-state index contributed by atoms with van der Waals surface area (Å²) in [7, 11) is 0. The van der Waals surface area contributed by atoms with Crippen molar-refractivity contribution in [3.05, 3.63) is 11.6 Å². The molecular formula is C26H34. The van der Waals surface area contributed by atoms with E-state index >= 15 is 0 Å². The van der Waals surface area contributed by atoms with Gasteiger partial charge >= 0.3 is 0 Å². The van der Waals surface area contributed by atoms with Gasteiger partial charge in [-0.2, -0.15) is 0 Å². The highest BCUT2D eigenvalue weighted by molar-refractivity contribution is 5.27. The third-order valence-electron chi connectivity index (χ3n) is 13.0. The lowest BCUT2D eigenvalue weighted by molar-refractivity contribution is -0.0986. The van der Waals surface area contributed by atoms with Crippen molar-refractivity contribution in [2.75, 3.05) is 0 Å². The molecule has 10 aliphatic carbocycles. The van der Waals surface area contributed by atoms with Crippen molar-refractivity contribution >= 4 is 0 Å². The molecule has 0 N–H and O–H groups in total. The van der Waals surface area contributed by atoms with Crippen LogP contribution in [0.5, 0.6) is 0 Å². The molecule has 26 heavy (non-hydrogen) atoms.